The van der Waals surface area contributed by atoms with Gasteiger partial charge in [-0.15, -0.1) is 0 Å². The molecule has 0 aromatic rings. The normalized spacial score (nSPS) is 34.9. The van der Waals surface area contributed by atoms with Gasteiger partial charge in [-0.3, -0.25) is 4.79 Å². The molecule has 6 nitrogen and oxygen atoms in total. The Morgan fingerprint density at radius 3 is 2.00 bits per heavy atom. The first-order valence-electron chi connectivity index (χ1n) is 13.2. The molecule has 6 heteroatoms. The lowest BCUT2D eigenvalue weighted by molar-refractivity contribution is -0.145. The predicted octanol–water partition coefficient (Wildman–Crippen LogP) is 5.52. The van der Waals surface area contributed by atoms with Crippen molar-refractivity contribution in [2.24, 2.45) is 5.92 Å². The minimum Gasteiger partial charge on any atom is -0.370 e. The number of carbonyl (C=O) groups is 1. The molecule has 2 unspecified atom stereocenters. The molecule has 2 aliphatic heterocycles. The summed E-state index contributed by atoms with van der Waals surface area (Å²) >= 11 is 0. The average molecular weight is 503 g/mol. The van der Waals surface area contributed by atoms with Crippen molar-refractivity contribution < 1.29 is 28.5 Å². The maximum atomic E-state index is 13.7. The molecule has 1 aliphatic carbocycles. The molecule has 3 rings (SSSR count). The predicted molar refractivity (Wildman–Crippen MR) is 142 cm³/mol. The Kier molecular flexibility index (Phi) is 9.22. The molecule has 0 N–H and O–H groups in total. The van der Waals surface area contributed by atoms with Gasteiger partial charge in [0.15, 0.2) is 11.4 Å². The van der Waals surface area contributed by atoms with Crippen molar-refractivity contribution in [1.82, 2.24) is 0 Å². The van der Waals surface area contributed by atoms with Crippen molar-refractivity contribution in [2.75, 3.05) is 19.8 Å². The molecular weight excluding hydrogens is 456 g/mol. The topological polar surface area (TPSA) is 69.8 Å². The molecule has 0 radical (unpaired) electrons. The second kappa shape index (κ2) is 11.4. The van der Waals surface area contributed by atoms with Crippen LogP contribution in [-0.2, 0) is 28.5 Å². The molecule has 1 saturated carbocycles. The molecule has 2 heterocycles. The summed E-state index contributed by atoms with van der Waals surface area (Å²) in [6, 6.07) is 0. The van der Waals surface area contributed by atoms with Gasteiger partial charge in [-0.2, -0.15) is 0 Å². The number of carbonyl (C=O) groups excluding carboxylic acids is 1. The maximum Gasteiger partial charge on any atom is 0.196 e. The number of allylic oxidation sites excluding steroid dienone is 3. The van der Waals surface area contributed by atoms with E-state index in [0.717, 1.165) is 22.3 Å². The van der Waals surface area contributed by atoms with Crippen molar-refractivity contribution in [2.45, 2.75) is 110 Å². The van der Waals surface area contributed by atoms with Crippen LogP contribution in [0.1, 0.15) is 68.7 Å². The highest BCUT2D eigenvalue weighted by molar-refractivity contribution is 5.96. The first-order chi connectivity index (χ1) is 16.9. The molecule has 3 aliphatic rings. The van der Waals surface area contributed by atoms with E-state index in [1.807, 2.05) is 66.7 Å². The van der Waals surface area contributed by atoms with Gasteiger partial charge < -0.3 is 23.7 Å². The van der Waals surface area contributed by atoms with Crippen LogP contribution in [0.3, 0.4) is 0 Å². The van der Waals surface area contributed by atoms with Crippen LogP contribution in [0.15, 0.2) is 47.1 Å². The van der Waals surface area contributed by atoms with Crippen LogP contribution in [0.2, 0.25) is 0 Å². The summed E-state index contributed by atoms with van der Waals surface area (Å²) in [5.41, 5.74) is 3.04. The Bertz CT molecular complexity index is 928. The fourth-order valence-corrected chi connectivity index (χ4v) is 4.72. The third-order valence-corrected chi connectivity index (χ3v) is 8.00. The number of Topliss-reactive ketones (excluding diaryl/α,β-unsaturated/α-hetero) is 1. The second-order valence-electron chi connectivity index (χ2n) is 11.3. The van der Waals surface area contributed by atoms with Crippen molar-refractivity contribution >= 4 is 5.78 Å². The van der Waals surface area contributed by atoms with E-state index >= 15 is 0 Å². The van der Waals surface area contributed by atoms with E-state index in [-0.39, 0.29) is 35.8 Å². The van der Waals surface area contributed by atoms with Gasteiger partial charge in [0.25, 0.3) is 0 Å². The number of fused-ring (bicyclic) bond motifs is 1. The summed E-state index contributed by atoms with van der Waals surface area (Å²) < 4.78 is 31.1. The number of hydrogen-bond acceptors (Lipinski definition) is 6. The molecule has 0 spiro atoms. The van der Waals surface area contributed by atoms with Crippen LogP contribution in [0.4, 0.5) is 0 Å². The summed E-state index contributed by atoms with van der Waals surface area (Å²) in [5, 5.41) is 0. The SMILES string of the molecule is C=C(C(CC1OC1(C)C)OC/C(C)=C/C)[C@H]1[C@H](OC/C(C)=C/C)[C@H]2O[C@@]2(C)C(=O)[C@@H]1OC/C(C)=C/C. The zero-order valence-corrected chi connectivity index (χ0v) is 23.7. The Labute approximate surface area is 217 Å². The molecule has 0 aromatic carbocycles. The molecule has 0 amide bonds. The minimum absolute atomic E-state index is 0.0449. The number of rotatable bonds is 13. The Balaban J connectivity index is 1.94. The van der Waals surface area contributed by atoms with Crippen molar-refractivity contribution in [3.05, 3.63) is 47.1 Å². The summed E-state index contributed by atoms with van der Waals surface area (Å²) in [6.45, 7) is 23.9. The third-order valence-electron chi connectivity index (χ3n) is 8.00. The van der Waals surface area contributed by atoms with Gasteiger partial charge in [0.1, 0.15) is 12.2 Å². The van der Waals surface area contributed by atoms with E-state index < -0.39 is 17.6 Å². The quantitative estimate of drug-likeness (QED) is 0.244. The lowest BCUT2D eigenvalue weighted by Crippen LogP contribution is -2.56. The highest BCUT2D eigenvalue weighted by Crippen LogP contribution is 2.52. The van der Waals surface area contributed by atoms with Crippen LogP contribution >= 0.6 is 0 Å². The Morgan fingerprint density at radius 2 is 1.47 bits per heavy atom. The van der Waals surface area contributed by atoms with E-state index in [9.17, 15) is 4.79 Å². The molecule has 3 fully saturated rings. The van der Waals surface area contributed by atoms with Gasteiger partial charge >= 0.3 is 0 Å². The fraction of sp³-hybridized carbons (Fsp3) is 0.700. The van der Waals surface area contributed by atoms with Gasteiger partial charge in [-0.05, 0) is 67.9 Å². The Hall–Kier alpha value is -1.57. The van der Waals surface area contributed by atoms with E-state index in [1.165, 1.54) is 0 Å². The van der Waals surface area contributed by atoms with Crippen molar-refractivity contribution in [3.63, 3.8) is 0 Å². The van der Waals surface area contributed by atoms with Crippen LogP contribution in [0.5, 0.6) is 0 Å². The number of epoxide rings is 2. The maximum absolute atomic E-state index is 13.7. The summed E-state index contributed by atoms with van der Waals surface area (Å²) in [7, 11) is 0. The van der Waals surface area contributed by atoms with E-state index in [1.54, 1.807) is 0 Å². The average Bonchev–Trinajstić information content (AvgIpc) is 3.72. The summed E-state index contributed by atoms with van der Waals surface area (Å²) in [5.74, 6) is -0.443. The number of hydrogen-bond donors (Lipinski definition) is 0. The lowest BCUT2D eigenvalue weighted by atomic mass is 9.72. The van der Waals surface area contributed by atoms with E-state index in [0.29, 0.717) is 26.2 Å². The first-order valence-corrected chi connectivity index (χ1v) is 13.2. The second-order valence-corrected chi connectivity index (χ2v) is 11.3. The van der Waals surface area contributed by atoms with E-state index in [4.69, 9.17) is 23.7 Å². The zero-order valence-electron chi connectivity index (χ0n) is 23.7. The van der Waals surface area contributed by atoms with Crippen molar-refractivity contribution in [1.29, 1.82) is 0 Å². The highest BCUT2D eigenvalue weighted by atomic mass is 16.6. The molecule has 2 saturated heterocycles. The van der Waals surface area contributed by atoms with Gasteiger partial charge in [0.2, 0.25) is 0 Å². The van der Waals surface area contributed by atoms with Crippen molar-refractivity contribution in [3.8, 4) is 0 Å². The van der Waals surface area contributed by atoms with Gasteiger partial charge in [-0.1, -0.05) is 41.5 Å². The minimum atomic E-state index is -0.890. The summed E-state index contributed by atoms with van der Waals surface area (Å²) in [4.78, 5) is 13.7. The molecular formula is C30H46O6. The van der Waals surface area contributed by atoms with Crippen LogP contribution < -0.4 is 0 Å². The fourth-order valence-electron chi connectivity index (χ4n) is 4.72. The van der Waals surface area contributed by atoms with Crippen LogP contribution in [0.25, 0.3) is 0 Å². The van der Waals surface area contributed by atoms with E-state index in [2.05, 4.69) is 20.4 Å². The molecule has 36 heavy (non-hydrogen) atoms. The van der Waals surface area contributed by atoms with Gasteiger partial charge in [0.05, 0.1) is 43.7 Å². The zero-order chi connectivity index (χ0) is 26.8. The smallest absolute Gasteiger partial charge is 0.196 e. The van der Waals surface area contributed by atoms with Gasteiger partial charge in [-0.25, -0.2) is 0 Å². The van der Waals surface area contributed by atoms with Crippen LogP contribution in [-0.4, -0.2) is 67.3 Å². The lowest BCUT2D eigenvalue weighted by Gasteiger charge is -2.40. The molecule has 7 atom stereocenters. The Morgan fingerprint density at radius 1 is 0.944 bits per heavy atom. The first kappa shape index (κ1) is 29.0. The number of ketones is 1. The monoisotopic (exact) mass is 502 g/mol. The van der Waals surface area contributed by atoms with Gasteiger partial charge in [0, 0.05) is 12.3 Å². The summed E-state index contributed by atoms with van der Waals surface area (Å²) in [6.07, 6.45) is 5.08. The standard InChI is InChI=1S/C30H46O6/c1-11-18(4)15-32-22(14-23-29(8,9)35-23)21(7)24-25(33-16-19(5)12-2)27(31)30(10)28(36-30)26(24)34-17-20(6)13-3/h11-13,22-26,28H,7,14-17H2,1-6,8-10H3/b18-11+,19-12+,20-13+/t22?,23?,24-,25-,26+,28-,30+/m1/s1. The largest absolute Gasteiger partial charge is 0.370 e. The third kappa shape index (κ3) is 6.28. The van der Waals surface area contributed by atoms with Crippen LogP contribution in [0, 0.1) is 5.92 Å². The highest BCUT2D eigenvalue weighted by Gasteiger charge is 2.71. The molecule has 0 aromatic heterocycles. The molecule has 0 bridgehead atoms. The number of ether oxygens (including phenoxy) is 5. The molecule has 202 valence electrons.